The fourth-order valence-electron chi connectivity index (χ4n) is 3.80. The van der Waals surface area contributed by atoms with Gasteiger partial charge in [0.2, 0.25) is 15.9 Å². The predicted molar refractivity (Wildman–Crippen MR) is 106 cm³/mol. The van der Waals surface area contributed by atoms with Crippen LogP contribution in [0.4, 0.5) is 0 Å². The summed E-state index contributed by atoms with van der Waals surface area (Å²) in [5.41, 5.74) is 0.994. The zero-order valence-corrected chi connectivity index (χ0v) is 17.0. The Bertz CT molecular complexity index is 734. The van der Waals surface area contributed by atoms with E-state index in [1.54, 1.807) is 28.6 Å². The highest BCUT2D eigenvalue weighted by Crippen LogP contribution is 2.26. The van der Waals surface area contributed by atoms with Crippen LogP contribution in [0.3, 0.4) is 0 Å². The van der Waals surface area contributed by atoms with Gasteiger partial charge in [-0.05, 0) is 61.9 Å². The van der Waals surface area contributed by atoms with E-state index in [4.69, 9.17) is 0 Å². The molecule has 0 atom stereocenters. The van der Waals surface area contributed by atoms with Crippen LogP contribution >= 0.6 is 0 Å². The third kappa shape index (κ3) is 5.30. The number of rotatable bonds is 6. The Kier molecular flexibility index (Phi) is 6.55. The third-order valence-electron chi connectivity index (χ3n) is 5.76. The quantitative estimate of drug-likeness (QED) is 0.774. The van der Waals surface area contributed by atoms with E-state index < -0.39 is 10.0 Å². The van der Waals surface area contributed by atoms with E-state index in [-0.39, 0.29) is 17.7 Å². The molecule has 2 fully saturated rings. The molecule has 1 amide bonds. The van der Waals surface area contributed by atoms with E-state index >= 15 is 0 Å². The average Bonchev–Trinajstić information content (AvgIpc) is 2.68. The smallest absolute Gasteiger partial charge is 0.243 e. The zero-order chi connectivity index (χ0) is 19.3. The van der Waals surface area contributed by atoms with Crippen LogP contribution in [0.15, 0.2) is 29.2 Å². The van der Waals surface area contributed by atoms with E-state index in [1.807, 2.05) is 0 Å². The maximum absolute atomic E-state index is 12.7. The van der Waals surface area contributed by atoms with Gasteiger partial charge in [0.15, 0.2) is 0 Å². The molecule has 2 aliphatic heterocycles. The molecule has 7 heteroatoms. The van der Waals surface area contributed by atoms with Crippen molar-refractivity contribution in [2.24, 2.45) is 5.41 Å². The maximum Gasteiger partial charge on any atom is 0.243 e. The van der Waals surface area contributed by atoms with Gasteiger partial charge >= 0.3 is 0 Å². The summed E-state index contributed by atoms with van der Waals surface area (Å²) in [7, 11) is -3.41. The number of carbonyl (C=O) groups is 1. The van der Waals surface area contributed by atoms with Crippen molar-refractivity contribution in [1.29, 1.82) is 0 Å². The first-order chi connectivity index (χ1) is 12.9. The minimum atomic E-state index is -3.41. The second-order valence-electron chi connectivity index (χ2n) is 8.12. The largest absolute Gasteiger partial charge is 0.355 e. The minimum absolute atomic E-state index is 0.0126. The Balaban J connectivity index is 1.54. The number of hydrogen-bond donors (Lipinski definition) is 2. The molecule has 2 saturated heterocycles. The Morgan fingerprint density at radius 3 is 2.37 bits per heavy atom. The highest BCUT2D eigenvalue weighted by atomic mass is 32.2. The number of sulfonamides is 1. The lowest BCUT2D eigenvalue weighted by atomic mass is 9.81. The molecule has 27 heavy (non-hydrogen) atoms. The van der Waals surface area contributed by atoms with Crippen LogP contribution in [0.2, 0.25) is 0 Å². The first-order valence-electron chi connectivity index (χ1n) is 9.96. The first-order valence-corrected chi connectivity index (χ1v) is 11.4. The summed E-state index contributed by atoms with van der Waals surface area (Å²) in [5, 5.41) is 6.39. The first kappa shape index (κ1) is 20.3. The van der Waals surface area contributed by atoms with Crippen LogP contribution < -0.4 is 10.6 Å². The topological polar surface area (TPSA) is 78.5 Å². The molecule has 2 heterocycles. The summed E-state index contributed by atoms with van der Waals surface area (Å²) < 4.78 is 26.9. The van der Waals surface area contributed by atoms with Gasteiger partial charge in [-0.25, -0.2) is 8.42 Å². The van der Waals surface area contributed by atoms with Crippen molar-refractivity contribution in [3.8, 4) is 0 Å². The molecule has 0 aromatic heterocycles. The highest BCUT2D eigenvalue weighted by molar-refractivity contribution is 7.89. The van der Waals surface area contributed by atoms with Crippen LogP contribution in [0, 0.1) is 5.41 Å². The Morgan fingerprint density at radius 1 is 1.11 bits per heavy atom. The molecule has 3 rings (SSSR count). The van der Waals surface area contributed by atoms with Gasteiger partial charge in [0.05, 0.1) is 11.3 Å². The molecule has 2 N–H and O–H groups in total. The summed E-state index contributed by atoms with van der Waals surface area (Å²) in [6.07, 6.45) is 5.35. The van der Waals surface area contributed by atoms with E-state index in [1.165, 1.54) is 0 Å². The molecular formula is C20H31N3O3S. The third-order valence-corrected chi connectivity index (χ3v) is 7.68. The van der Waals surface area contributed by atoms with E-state index in [0.717, 1.165) is 50.8 Å². The Morgan fingerprint density at radius 2 is 1.74 bits per heavy atom. The number of amides is 1. The lowest BCUT2D eigenvalue weighted by Gasteiger charge is -2.34. The van der Waals surface area contributed by atoms with Gasteiger partial charge in [-0.3, -0.25) is 4.79 Å². The van der Waals surface area contributed by atoms with Gasteiger partial charge in [-0.1, -0.05) is 25.5 Å². The number of nitrogens with one attached hydrogen (secondary N) is 2. The highest BCUT2D eigenvalue weighted by Gasteiger charge is 2.27. The summed E-state index contributed by atoms with van der Waals surface area (Å²) in [6, 6.07) is 6.76. The van der Waals surface area contributed by atoms with Crippen molar-refractivity contribution in [2.75, 3.05) is 32.7 Å². The second-order valence-corrected chi connectivity index (χ2v) is 10.1. The van der Waals surface area contributed by atoms with Crippen LogP contribution in [0.5, 0.6) is 0 Å². The molecule has 0 unspecified atom stereocenters. The van der Waals surface area contributed by atoms with Crippen molar-refractivity contribution in [3.05, 3.63) is 29.8 Å². The van der Waals surface area contributed by atoms with Gasteiger partial charge < -0.3 is 10.6 Å². The molecule has 0 saturated carbocycles. The van der Waals surface area contributed by atoms with Crippen LogP contribution in [0.25, 0.3) is 0 Å². The normalized spacial score (nSPS) is 20.9. The zero-order valence-electron chi connectivity index (χ0n) is 16.2. The Labute approximate surface area is 162 Å². The van der Waals surface area contributed by atoms with Crippen LogP contribution in [-0.2, 0) is 21.2 Å². The fourth-order valence-corrected chi connectivity index (χ4v) is 5.32. The maximum atomic E-state index is 12.7. The van der Waals surface area contributed by atoms with Crippen molar-refractivity contribution in [2.45, 2.75) is 50.3 Å². The minimum Gasteiger partial charge on any atom is -0.355 e. The van der Waals surface area contributed by atoms with Gasteiger partial charge in [-0.2, -0.15) is 4.31 Å². The van der Waals surface area contributed by atoms with Gasteiger partial charge in [0.1, 0.15) is 0 Å². The molecule has 1 aromatic rings. The average molecular weight is 394 g/mol. The van der Waals surface area contributed by atoms with Gasteiger partial charge in [0.25, 0.3) is 0 Å². The SMILES string of the molecule is CC1(CNC(=O)Cc2ccc(S(=O)(=O)N3CCCCC3)cc2)CCNCC1. The molecule has 0 aliphatic carbocycles. The van der Waals surface area contributed by atoms with E-state index in [0.29, 0.717) is 24.5 Å². The summed E-state index contributed by atoms with van der Waals surface area (Å²) in [4.78, 5) is 12.6. The molecule has 6 nitrogen and oxygen atoms in total. The van der Waals surface area contributed by atoms with E-state index in [9.17, 15) is 13.2 Å². The molecule has 0 radical (unpaired) electrons. The molecular weight excluding hydrogens is 362 g/mol. The van der Waals surface area contributed by atoms with Gasteiger partial charge in [0, 0.05) is 19.6 Å². The number of benzene rings is 1. The fraction of sp³-hybridized carbons (Fsp3) is 0.650. The summed E-state index contributed by atoms with van der Waals surface area (Å²) >= 11 is 0. The number of carbonyl (C=O) groups excluding carboxylic acids is 1. The molecule has 2 aliphatic rings. The van der Waals surface area contributed by atoms with Crippen molar-refractivity contribution < 1.29 is 13.2 Å². The molecule has 150 valence electrons. The lowest BCUT2D eigenvalue weighted by molar-refractivity contribution is -0.121. The summed E-state index contributed by atoms with van der Waals surface area (Å²) in [5.74, 6) is -0.0126. The van der Waals surface area contributed by atoms with Crippen molar-refractivity contribution in [1.82, 2.24) is 14.9 Å². The van der Waals surface area contributed by atoms with Gasteiger partial charge in [-0.15, -0.1) is 0 Å². The molecule has 0 bridgehead atoms. The van der Waals surface area contributed by atoms with Crippen LogP contribution in [0.1, 0.15) is 44.6 Å². The van der Waals surface area contributed by atoms with Crippen molar-refractivity contribution in [3.63, 3.8) is 0 Å². The number of hydrogen-bond acceptors (Lipinski definition) is 4. The van der Waals surface area contributed by atoms with Crippen molar-refractivity contribution >= 4 is 15.9 Å². The second kappa shape index (κ2) is 8.71. The van der Waals surface area contributed by atoms with Crippen LogP contribution in [-0.4, -0.2) is 51.4 Å². The monoisotopic (exact) mass is 393 g/mol. The lowest BCUT2D eigenvalue weighted by Crippen LogP contribution is -2.43. The molecule has 1 aromatic carbocycles. The number of piperidine rings is 2. The predicted octanol–water partition coefficient (Wildman–Crippen LogP) is 1.91. The summed E-state index contributed by atoms with van der Waals surface area (Å²) in [6.45, 7) is 6.10. The molecule has 0 spiro atoms. The Hall–Kier alpha value is -1.44. The number of nitrogens with zero attached hydrogens (tertiary/aromatic N) is 1. The van der Waals surface area contributed by atoms with E-state index in [2.05, 4.69) is 17.6 Å². The standard InChI is InChI=1S/C20H31N3O3S/c1-20(9-11-21-12-10-20)16-22-19(24)15-17-5-7-18(8-6-17)27(25,26)23-13-3-2-4-14-23/h5-8,21H,2-4,9-16H2,1H3,(H,22,24).